The van der Waals surface area contributed by atoms with Crippen molar-refractivity contribution in [3.63, 3.8) is 0 Å². The molecule has 0 N–H and O–H groups in total. The van der Waals surface area contributed by atoms with E-state index in [1.54, 1.807) is 7.11 Å². The lowest BCUT2D eigenvalue weighted by Crippen LogP contribution is -2.43. The van der Waals surface area contributed by atoms with Crippen LogP contribution in [0.1, 0.15) is 69.4 Å². The molecule has 1 fully saturated rings. The normalized spacial score (nSPS) is 18.9. The van der Waals surface area contributed by atoms with Crippen molar-refractivity contribution in [1.82, 2.24) is 9.80 Å². The zero-order chi connectivity index (χ0) is 26.0. The highest BCUT2D eigenvalue weighted by atomic mass is 16.5. The van der Waals surface area contributed by atoms with Gasteiger partial charge in [-0.2, -0.15) is 0 Å². The number of methoxy groups -OCH3 is 1. The van der Waals surface area contributed by atoms with Gasteiger partial charge in [0.2, 0.25) is 5.91 Å². The average molecular weight is 509 g/mol. The second-order valence-electron chi connectivity index (χ2n) is 10.4. The predicted octanol–water partition coefficient (Wildman–Crippen LogP) is 5.69. The first-order valence-electron chi connectivity index (χ1n) is 14.2. The summed E-state index contributed by atoms with van der Waals surface area (Å²) in [5.74, 6) is 3.22. The summed E-state index contributed by atoms with van der Waals surface area (Å²) in [6, 6.07) is 14.8. The van der Waals surface area contributed by atoms with Crippen LogP contribution in [0.3, 0.4) is 0 Å². The quantitative estimate of drug-likeness (QED) is 0.328. The van der Waals surface area contributed by atoms with Crippen LogP contribution >= 0.6 is 0 Å². The average Bonchev–Trinajstić information content (AvgIpc) is 3.55. The van der Waals surface area contributed by atoms with Gasteiger partial charge in [0.15, 0.2) is 11.5 Å². The minimum atomic E-state index is 0.264. The number of amides is 1. The zero-order valence-electron chi connectivity index (χ0n) is 22.9. The monoisotopic (exact) mass is 508 g/mol. The van der Waals surface area contributed by atoms with Gasteiger partial charge in [-0.1, -0.05) is 51.0 Å². The van der Waals surface area contributed by atoms with Crippen LogP contribution in [0.25, 0.3) is 0 Å². The smallest absolute Gasteiger partial charge is 0.236 e. The van der Waals surface area contributed by atoms with Gasteiger partial charge in [0, 0.05) is 32.1 Å². The Morgan fingerprint density at radius 3 is 2.57 bits per heavy atom. The molecule has 0 aliphatic carbocycles. The minimum Gasteiger partial charge on any atom is -0.493 e. The fourth-order valence-electron chi connectivity index (χ4n) is 5.56. The Kier molecular flexibility index (Phi) is 10.1. The van der Waals surface area contributed by atoms with Gasteiger partial charge >= 0.3 is 0 Å². The molecule has 2 aliphatic heterocycles. The Labute approximate surface area is 222 Å². The largest absolute Gasteiger partial charge is 0.493 e. The van der Waals surface area contributed by atoms with Crippen molar-refractivity contribution in [3.05, 3.63) is 53.6 Å². The second kappa shape index (κ2) is 13.7. The molecule has 2 heterocycles. The van der Waals surface area contributed by atoms with Crippen LogP contribution in [0.2, 0.25) is 0 Å². The first-order chi connectivity index (χ1) is 18.1. The fourth-order valence-corrected chi connectivity index (χ4v) is 5.56. The van der Waals surface area contributed by atoms with Gasteiger partial charge in [-0.15, -0.1) is 0 Å². The van der Waals surface area contributed by atoms with E-state index in [4.69, 9.17) is 14.2 Å². The maximum absolute atomic E-state index is 13.5. The topological polar surface area (TPSA) is 51.2 Å². The molecule has 2 atom stereocenters. The number of ether oxygens (including phenoxy) is 3. The van der Waals surface area contributed by atoms with Gasteiger partial charge in [-0.3, -0.25) is 9.69 Å². The summed E-state index contributed by atoms with van der Waals surface area (Å²) < 4.78 is 17.3. The third kappa shape index (κ3) is 7.19. The van der Waals surface area contributed by atoms with Crippen molar-refractivity contribution in [2.45, 2.75) is 70.8 Å². The number of para-hydroxylation sites is 2. The zero-order valence-corrected chi connectivity index (χ0v) is 22.9. The van der Waals surface area contributed by atoms with Gasteiger partial charge in [-0.05, 0) is 60.9 Å². The number of benzene rings is 2. The van der Waals surface area contributed by atoms with E-state index in [2.05, 4.69) is 41.8 Å². The van der Waals surface area contributed by atoms with Crippen LogP contribution in [0.15, 0.2) is 42.5 Å². The van der Waals surface area contributed by atoms with Crippen molar-refractivity contribution < 1.29 is 19.0 Å². The summed E-state index contributed by atoms with van der Waals surface area (Å²) in [5.41, 5.74) is 2.68. The van der Waals surface area contributed by atoms with Crippen LogP contribution in [-0.4, -0.2) is 68.3 Å². The Balaban J connectivity index is 1.44. The summed E-state index contributed by atoms with van der Waals surface area (Å²) in [7, 11) is 1.67. The first-order valence-corrected chi connectivity index (χ1v) is 14.2. The first kappa shape index (κ1) is 27.3. The molecule has 1 saturated heterocycles. The lowest BCUT2D eigenvalue weighted by atomic mass is 9.93. The van der Waals surface area contributed by atoms with Gasteiger partial charge in [0.05, 0.1) is 26.9 Å². The van der Waals surface area contributed by atoms with E-state index in [0.29, 0.717) is 25.1 Å². The molecule has 4 rings (SSSR count). The molecule has 2 aliphatic rings. The molecule has 0 bridgehead atoms. The van der Waals surface area contributed by atoms with Crippen LogP contribution in [0.5, 0.6) is 17.2 Å². The van der Waals surface area contributed by atoms with Gasteiger partial charge < -0.3 is 19.1 Å². The molecule has 2 aromatic rings. The number of likely N-dealkylation sites (tertiary alicyclic amines) is 1. The van der Waals surface area contributed by atoms with Gasteiger partial charge in [-0.25, -0.2) is 0 Å². The number of rotatable bonds is 14. The Morgan fingerprint density at radius 1 is 1.08 bits per heavy atom. The molecule has 202 valence electrons. The van der Waals surface area contributed by atoms with E-state index in [9.17, 15) is 4.79 Å². The molecule has 0 spiro atoms. The van der Waals surface area contributed by atoms with Gasteiger partial charge in [0.25, 0.3) is 0 Å². The highest BCUT2D eigenvalue weighted by Gasteiger charge is 2.35. The summed E-state index contributed by atoms with van der Waals surface area (Å²) in [5, 5.41) is 0. The van der Waals surface area contributed by atoms with E-state index in [1.165, 1.54) is 11.1 Å². The molecule has 0 unspecified atom stereocenters. The lowest BCUT2D eigenvalue weighted by Gasteiger charge is -2.28. The standard InChI is InChI=1S/C31H44N2O4/c1-4-6-16-32(17-7-5-2)31(34)23-33-22-26(24-12-13-28-25(20-24)14-18-36-28)21-27(33)15-19-37-30-11-9-8-10-29(30)35-3/h8-13,20,26-27H,4-7,14-19,21-23H2,1-3H3/t26-,27+/m1/s1. The van der Waals surface area contributed by atoms with E-state index in [1.807, 2.05) is 24.3 Å². The summed E-state index contributed by atoms with van der Waals surface area (Å²) in [4.78, 5) is 18.0. The maximum atomic E-state index is 13.5. The highest BCUT2D eigenvalue weighted by Crippen LogP contribution is 2.37. The summed E-state index contributed by atoms with van der Waals surface area (Å²) in [6.45, 7) is 8.85. The molecule has 2 aromatic carbocycles. The number of nitrogens with zero attached hydrogens (tertiary/aromatic N) is 2. The van der Waals surface area contributed by atoms with Crippen LogP contribution in [-0.2, 0) is 11.2 Å². The number of hydrogen-bond donors (Lipinski definition) is 0. The molecular formula is C31H44N2O4. The number of unbranched alkanes of at least 4 members (excludes halogenated alkanes) is 2. The molecule has 0 radical (unpaired) electrons. The maximum Gasteiger partial charge on any atom is 0.236 e. The lowest BCUT2D eigenvalue weighted by molar-refractivity contribution is -0.132. The van der Waals surface area contributed by atoms with Crippen molar-refractivity contribution in [3.8, 4) is 17.2 Å². The van der Waals surface area contributed by atoms with Crippen molar-refractivity contribution >= 4 is 5.91 Å². The Hall–Kier alpha value is -2.73. The van der Waals surface area contributed by atoms with Crippen molar-refractivity contribution in [1.29, 1.82) is 0 Å². The molecule has 6 heteroatoms. The predicted molar refractivity (Wildman–Crippen MR) is 148 cm³/mol. The summed E-state index contributed by atoms with van der Waals surface area (Å²) in [6.07, 6.45) is 7.22. The van der Waals surface area contributed by atoms with E-state index in [-0.39, 0.29) is 5.91 Å². The van der Waals surface area contributed by atoms with E-state index < -0.39 is 0 Å². The summed E-state index contributed by atoms with van der Waals surface area (Å²) >= 11 is 0. The third-order valence-electron chi connectivity index (χ3n) is 7.74. The van der Waals surface area contributed by atoms with Crippen LogP contribution in [0, 0.1) is 0 Å². The number of fused-ring (bicyclic) bond motifs is 1. The van der Waals surface area contributed by atoms with Crippen molar-refractivity contribution in [2.75, 3.05) is 46.5 Å². The van der Waals surface area contributed by atoms with Crippen LogP contribution < -0.4 is 14.2 Å². The molecule has 6 nitrogen and oxygen atoms in total. The Morgan fingerprint density at radius 2 is 1.84 bits per heavy atom. The molecule has 1 amide bonds. The SMILES string of the molecule is CCCCN(CCCC)C(=O)CN1C[C@H](c2ccc3c(c2)CCO3)C[C@@H]1CCOc1ccccc1OC. The number of carbonyl (C=O) groups is 1. The fraction of sp³-hybridized carbons (Fsp3) is 0.581. The Bertz CT molecular complexity index is 1000. The molecule has 37 heavy (non-hydrogen) atoms. The molecular weight excluding hydrogens is 464 g/mol. The third-order valence-corrected chi connectivity index (χ3v) is 7.74. The second-order valence-corrected chi connectivity index (χ2v) is 10.4. The molecule has 0 aromatic heterocycles. The van der Waals surface area contributed by atoms with E-state index in [0.717, 1.165) is 88.4 Å². The van der Waals surface area contributed by atoms with E-state index >= 15 is 0 Å². The minimum absolute atomic E-state index is 0.264. The highest BCUT2D eigenvalue weighted by molar-refractivity contribution is 5.78. The van der Waals surface area contributed by atoms with Gasteiger partial charge in [0.1, 0.15) is 5.75 Å². The number of hydrogen-bond acceptors (Lipinski definition) is 5. The number of carbonyl (C=O) groups excluding carboxylic acids is 1. The van der Waals surface area contributed by atoms with Crippen LogP contribution in [0.4, 0.5) is 0 Å². The van der Waals surface area contributed by atoms with Crippen molar-refractivity contribution in [2.24, 2.45) is 0 Å². The molecule has 0 saturated carbocycles.